The number of thioether (sulfide) groups is 1. The standard InChI is InChI=1S/C15H21N3S/c1-2-19-15-5-3-4-14(15)18-12-6-7-13(17)11(10-12)8-9-16/h6-7,10,14-15,18H,2-5,8,17H2,1H3. The third-order valence-electron chi connectivity index (χ3n) is 3.60. The number of nitrogens with one attached hydrogen (secondary N) is 1. The number of nitrogens with zero attached hydrogens (tertiary/aromatic N) is 1. The number of rotatable bonds is 5. The molecule has 2 atom stereocenters. The number of benzene rings is 1. The molecular weight excluding hydrogens is 254 g/mol. The second-order valence-corrected chi connectivity index (χ2v) is 6.44. The second kappa shape index (κ2) is 6.72. The highest BCUT2D eigenvalue weighted by molar-refractivity contribution is 7.99. The predicted molar refractivity (Wildman–Crippen MR) is 83.4 cm³/mol. The lowest BCUT2D eigenvalue weighted by molar-refractivity contribution is 0.767. The fourth-order valence-corrected chi connectivity index (χ4v) is 3.85. The summed E-state index contributed by atoms with van der Waals surface area (Å²) in [6.07, 6.45) is 4.21. The van der Waals surface area contributed by atoms with Gasteiger partial charge in [0.15, 0.2) is 0 Å². The van der Waals surface area contributed by atoms with Gasteiger partial charge in [0, 0.05) is 22.7 Å². The van der Waals surface area contributed by atoms with E-state index in [1.165, 1.54) is 25.0 Å². The van der Waals surface area contributed by atoms with Gasteiger partial charge in [0.05, 0.1) is 12.5 Å². The van der Waals surface area contributed by atoms with Crippen LogP contribution in [0.4, 0.5) is 11.4 Å². The van der Waals surface area contributed by atoms with E-state index in [0.717, 1.165) is 11.3 Å². The maximum absolute atomic E-state index is 8.80. The number of nitrogen functional groups attached to an aromatic ring is 1. The van der Waals surface area contributed by atoms with E-state index in [-0.39, 0.29) is 0 Å². The summed E-state index contributed by atoms with van der Waals surface area (Å²) in [5, 5.41) is 13.1. The Labute approximate surface area is 119 Å². The van der Waals surface area contributed by atoms with Crippen LogP contribution >= 0.6 is 11.8 Å². The van der Waals surface area contributed by atoms with Crippen LogP contribution in [0.2, 0.25) is 0 Å². The lowest BCUT2D eigenvalue weighted by Crippen LogP contribution is -2.26. The van der Waals surface area contributed by atoms with E-state index >= 15 is 0 Å². The Balaban J connectivity index is 2.06. The molecule has 4 heteroatoms. The zero-order valence-electron chi connectivity index (χ0n) is 11.4. The third kappa shape index (κ3) is 3.57. The maximum atomic E-state index is 8.80. The van der Waals surface area contributed by atoms with Crippen LogP contribution in [-0.2, 0) is 6.42 Å². The van der Waals surface area contributed by atoms with Crippen LogP contribution in [0.25, 0.3) is 0 Å². The van der Waals surface area contributed by atoms with E-state index < -0.39 is 0 Å². The number of nitriles is 1. The number of nitrogens with two attached hydrogens (primary N) is 1. The van der Waals surface area contributed by atoms with Crippen LogP contribution in [0.5, 0.6) is 0 Å². The SMILES string of the molecule is CCSC1CCCC1Nc1ccc(N)c(CC#N)c1. The predicted octanol–water partition coefficient (Wildman–Crippen LogP) is 3.42. The molecule has 1 aromatic rings. The van der Waals surface area contributed by atoms with Gasteiger partial charge in [0.2, 0.25) is 0 Å². The minimum Gasteiger partial charge on any atom is -0.398 e. The Morgan fingerprint density at radius 1 is 1.47 bits per heavy atom. The second-order valence-electron chi connectivity index (χ2n) is 4.92. The van der Waals surface area contributed by atoms with Crippen molar-refractivity contribution in [1.82, 2.24) is 0 Å². The van der Waals surface area contributed by atoms with Gasteiger partial charge in [0.1, 0.15) is 0 Å². The van der Waals surface area contributed by atoms with Crippen LogP contribution in [0.3, 0.4) is 0 Å². The van der Waals surface area contributed by atoms with E-state index in [1.54, 1.807) is 0 Å². The summed E-state index contributed by atoms with van der Waals surface area (Å²) in [5.41, 5.74) is 8.59. The molecule has 102 valence electrons. The molecule has 0 aliphatic heterocycles. The van der Waals surface area contributed by atoms with Crippen molar-refractivity contribution in [1.29, 1.82) is 5.26 Å². The lowest BCUT2D eigenvalue weighted by atomic mass is 10.1. The fourth-order valence-electron chi connectivity index (χ4n) is 2.65. The summed E-state index contributed by atoms with van der Waals surface area (Å²) in [6, 6.07) is 8.64. The van der Waals surface area contributed by atoms with Gasteiger partial charge < -0.3 is 11.1 Å². The molecular formula is C15H21N3S. The first kappa shape index (κ1) is 14.1. The van der Waals surface area contributed by atoms with E-state index in [2.05, 4.69) is 18.3 Å². The molecule has 19 heavy (non-hydrogen) atoms. The summed E-state index contributed by atoms with van der Waals surface area (Å²) in [7, 11) is 0. The zero-order chi connectivity index (χ0) is 13.7. The Bertz CT molecular complexity index is 467. The van der Waals surface area contributed by atoms with Crippen LogP contribution in [-0.4, -0.2) is 17.0 Å². The van der Waals surface area contributed by atoms with E-state index in [4.69, 9.17) is 11.0 Å². The first-order valence-corrected chi connectivity index (χ1v) is 7.93. The molecule has 1 aliphatic rings. The van der Waals surface area contributed by atoms with Crippen LogP contribution in [0, 0.1) is 11.3 Å². The number of anilines is 2. The molecule has 2 unspecified atom stereocenters. The van der Waals surface area contributed by atoms with Crippen molar-refractivity contribution in [2.45, 2.75) is 43.9 Å². The monoisotopic (exact) mass is 275 g/mol. The Kier molecular flexibility index (Phi) is 4.98. The van der Waals surface area contributed by atoms with Gasteiger partial charge in [-0.05, 0) is 42.4 Å². The molecule has 0 radical (unpaired) electrons. The minimum absolute atomic E-state index is 0.374. The largest absolute Gasteiger partial charge is 0.398 e. The summed E-state index contributed by atoms with van der Waals surface area (Å²) in [4.78, 5) is 0. The highest BCUT2D eigenvalue weighted by Crippen LogP contribution is 2.32. The van der Waals surface area contributed by atoms with Crippen molar-refractivity contribution < 1.29 is 0 Å². The molecule has 0 spiro atoms. The Morgan fingerprint density at radius 3 is 3.05 bits per heavy atom. The summed E-state index contributed by atoms with van der Waals surface area (Å²) in [5.74, 6) is 1.17. The lowest BCUT2D eigenvalue weighted by Gasteiger charge is -2.21. The number of hydrogen-bond donors (Lipinski definition) is 2. The summed E-state index contributed by atoms with van der Waals surface area (Å²) in [6.45, 7) is 2.22. The van der Waals surface area contributed by atoms with Gasteiger partial charge >= 0.3 is 0 Å². The molecule has 1 saturated carbocycles. The van der Waals surface area contributed by atoms with Crippen molar-refractivity contribution in [3.8, 4) is 6.07 Å². The number of hydrogen-bond acceptors (Lipinski definition) is 4. The van der Waals surface area contributed by atoms with Crippen molar-refractivity contribution in [3.05, 3.63) is 23.8 Å². The van der Waals surface area contributed by atoms with Crippen molar-refractivity contribution in [2.24, 2.45) is 0 Å². The van der Waals surface area contributed by atoms with Gasteiger partial charge in [0.25, 0.3) is 0 Å². The fraction of sp³-hybridized carbons (Fsp3) is 0.533. The zero-order valence-corrected chi connectivity index (χ0v) is 12.2. The molecule has 0 aromatic heterocycles. The van der Waals surface area contributed by atoms with E-state index in [1.807, 2.05) is 30.0 Å². The third-order valence-corrected chi connectivity index (χ3v) is 4.92. The molecule has 3 nitrogen and oxygen atoms in total. The molecule has 2 rings (SSSR count). The van der Waals surface area contributed by atoms with Crippen molar-refractivity contribution >= 4 is 23.1 Å². The quantitative estimate of drug-likeness (QED) is 0.808. The van der Waals surface area contributed by atoms with Crippen molar-refractivity contribution in [3.63, 3.8) is 0 Å². The highest BCUT2D eigenvalue weighted by Gasteiger charge is 2.26. The molecule has 0 saturated heterocycles. The Morgan fingerprint density at radius 2 is 2.32 bits per heavy atom. The Hall–Kier alpha value is -1.34. The summed E-state index contributed by atoms with van der Waals surface area (Å²) >= 11 is 2.04. The van der Waals surface area contributed by atoms with Gasteiger partial charge in [-0.25, -0.2) is 0 Å². The first-order chi connectivity index (χ1) is 9.24. The van der Waals surface area contributed by atoms with Crippen LogP contribution < -0.4 is 11.1 Å². The van der Waals surface area contributed by atoms with Gasteiger partial charge in [-0.3, -0.25) is 0 Å². The van der Waals surface area contributed by atoms with Gasteiger partial charge in [-0.2, -0.15) is 17.0 Å². The van der Waals surface area contributed by atoms with E-state index in [0.29, 0.717) is 23.4 Å². The highest BCUT2D eigenvalue weighted by atomic mass is 32.2. The molecule has 1 fully saturated rings. The van der Waals surface area contributed by atoms with Crippen LogP contribution in [0.15, 0.2) is 18.2 Å². The minimum atomic E-state index is 0.374. The van der Waals surface area contributed by atoms with E-state index in [9.17, 15) is 0 Å². The summed E-state index contributed by atoms with van der Waals surface area (Å²) < 4.78 is 0. The molecule has 1 aliphatic carbocycles. The molecule has 0 bridgehead atoms. The first-order valence-electron chi connectivity index (χ1n) is 6.88. The van der Waals surface area contributed by atoms with Crippen LogP contribution in [0.1, 0.15) is 31.7 Å². The normalized spacial score (nSPS) is 22.1. The topological polar surface area (TPSA) is 61.8 Å². The van der Waals surface area contributed by atoms with Gasteiger partial charge in [-0.1, -0.05) is 13.3 Å². The maximum Gasteiger partial charge on any atom is 0.0670 e. The smallest absolute Gasteiger partial charge is 0.0670 e. The average Bonchev–Trinajstić information content (AvgIpc) is 2.82. The van der Waals surface area contributed by atoms with Gasteiger partial charge in [-0.15, -0.1) is 0 Å². The molecule has 3 N–H and O–H groups in total. The molecule has 0 heterocycles. The molecule has 1 aromatic carbocycles. The molecule has 0 amide bonds. The van der Waals surface area contributed by atoms with Crippen molar-refractivity contribution in [2.75, 3.05) is 16.8 Å². The average molecular weight is 275 g/mol.